The lowest BCUT2D eigenvalue weighted by molar-refractivity contribution is 0.316. The van der Waals surface area contributed by atoms with E-state index in [0.717, 1.165) is 5.92 Å². The topological polar surface area (TPSA) is 54.7 Å². The first-order valence-corrected chi connectivity index (χ1v) is 5.60. The minimum absolute atomic E-state index is 0.553. The van der Waals surface area contributed by atoms with Gasteiger partial charge >= 0.3 is 0 Å². The molecule has 0 radical (unpaired) electrons. The number of aromatic amines is 1. The Hall–Kier alpha value is -0.990. The molecule has 1 aromatic heterocycles. The molecular formula is C11H19N3. The molecule has 78 valence electrons. The van der Waals surface area contributed by atoms with Crippen LogP contribution in [0.4, 0.5) is 5.95 Å². The molecule has 1 aliphatic rings. The van der Waals surface area contributed by atoms with E-state index in [9.17, 15) is 0 Å². The van der Waals surface area contributed by atoms with Crippen LogP contribution in [0.5, 0.6) is 0 Å². The number of imidazole rings is 1. The van der Waals surface area contributed by atoms with Crippen molar-refractivity contribution in [1.82, 2.24) is 9.97 Å². The number of rotatable bonds is 2. The maximum Gasteiger partial charge on any atom is 0.197 e. The zero-order valence-electron chi connectivity index (χ0n) is 8.79. The summed E-state index contributed by atoms with van der Waals surface area (Å²) in [6, 6.07) is 0. The molecule has 0 bridgehead atoms. The van der Waals surface area contributed by atoms with E-state index in [1.165, 1.54) is 37.8 Å². The number of nitrogens with two attached hydrogens (primary N) is 1. The van der Waals surface area contributed by atoms with E-state index >= 15 is 0 Å². The van der Waals surface area contributed by atoms with Crippen molar-refractivity contribution in [2.24, 2.45) is 5.92 Å². The molecule has 14 heavy (non-hydrogen) atoms. The molecule has 1 heterocycles. The maximum atomic E-state index is 5.57. The predicted molar refractivity (Wildman–Crippen MR) is 58.0 cm³/mol. The fraction of sp³-hybridized carbons (Fsp3) is 0.727. The van der Waals surface area contributed by atoms with Gasteiger partial charge in [-0.05, 0) is 31.6 Å². The summed E-state index contributed by atoms with van der Waals surface area (Å²) in [7, 11) is 0. The second-order valence-electron chi connectivity index (χ2n) is 4.35. The molecule has 3 heteroatoms. The maximum absolute atomic E-state index is 5.57. The van der Waals surface area contributed by atoms with E-state index in [4.69, 9.17) is 5.73 Å². The van der Waals surface area contributed by atoms with Crippen LogP contribution < -0.4 is 5.73 Å². The molecular weight excluding hydrogens is 174 g/mol. The SMILES string of the molecule is CCC1CCC(c2cnc(N)[nH]2)CC1. The zero-order chi connectivity index (χ0) is 9.97. The second kappa shape index (κ2) is 4.03. The molecule has 1 aliphatic carbocycles. The van der Waals surface area contributed by atoms with Gasteiger partial charge in [-0.1, -0.05) is 13.3 Å². The van der Waals surface area contributed by atoms with Crippen molar-refractivity contribution in [2.45, 2.75) is 44.9 Å². The Morgan fingerprint density at radius 1 is 1.43 bits per heavy atom. The van der Waals surface area contributed by atoms with Gasteiger partial charge in [0.25, 0.3) is 0 Å². The number of nitrogens with one attached hydrogen (secondary N) is 1. The molecule has 1 aromatic rings. The Morgan fingerprint density at radius 2 is 2.14 bits per heavy atom. The molecule has 0 amide bonds. The number of nitrogens with zero attached hydrogens (tertiary/aromatic N) is 1. The van der Waals surface area contributed by atoms with Crippen molar-refractivity contribution in [3.05, 3.63) is 11.9 Å². The molecule has 2 rings (SSSR count). The van der Waals surface area contributed by atoms with Gasteiger partial charge in [0.2, 0.25) is 0 Å². The van der Waals surface area contributed by atoms with Gasteiger partial charge in [0.05, 0.1) is 6.20 Å². The van der Waals surface area contributed by atoms with Crippen LogP contribution in [0.25, 0.3) is 0 Å². The van der Waals surface area contributed by atoms with Gasteiger partial charge in [-0.2, -0.15) is 0 Å². The number of hydrogen-bond donors (Lipinski definition) is 2. The highest BCUT2D eigenvalue weighted by Crippen LogP contribution is 2.36. The number of anilines is 1. The third-order valence-corrected chi connectivity index (χ3v) is 3.48. The Morgan fingerprint density at radius 3 is 2.64 bits per heavy atom. The summed E-state index contributed by atoms with van der Waals surface area (Å²) in [4.78, 5) is 7.20. The lowest BCUT2D eigenvalue weighted by atomic mass is 9.80. The first kappa shape index (κ1) is 9.56. The summed E-state index contributed by atoms with van der Waals surface area (Å²) in [5, 5.41) is 0. The molecule has 0 atom stereocenters. The average molecular weight is 193 g/mol. The van der Waals surface area contributed by atoms with Gasteiger partial charge < -0.3 is 10.7 Å². The largest absolute Gasteiger partial charge is 0.369 e. The highest BCUT2D eigenvalue weighted by molar-refractivity contribution is 5.21. The van der Waals surface area contributed by atoms with Crippen molar-refractivity contribution >= 4 is 5.95 Å². The highest BCUT2D eigenvalue weighted by Gasteiger charge is 2.22. The van der Waals surface area contributed by atoms with Crippen molar-refractivity contribution in [3.8, 4) is 0 Å². The van der Waals surface area contributed by atoms with Crippen molar-refractivity contribution < 1.29 is 0 Å². The number of hydrogen-bond acceptors (Lipinski definition) is 2. The Bertz CT molecular complexity index is 284. The molecule has 0 saturated heterocycles. The van der Waals surface area contributed by atoms with Crippen LogP contribution in [0.15, 0.2) is 6.20 Å². The highest BCUT2D eigenvalue weighted by atomic mass is 15.0. The molecule has 3 nitrogen and oxygen atoms in total. The smallest absolute Gasteiger partial charge is 0.197 e. The molecule has 0 aromatic carbocycles. The molecule has 1 saturated carbocycles. The molecule has 1 fully saturated rings. The van der Waals surface area contributed by atoms with Crippen LogP contribution in [-0.2, 0) is 0 Å². The molecule has 0 unspecified atom stereocenters. The summed E-state index contributed by atoms with van der Waals surface area (Å²) >= 11 is 0. The Labute approximate surface area is 85.1 Å². The predicted octanol–water partition coefficient (Wildman–Crippen LogP) is 2.68. The standard InChI is InChI=1S/C11H19N3/c1-2-8-3-5-9(6-4-8)10-7-13-11(12)14-10/h7-9H,2-6H2,1H3,(H3,12,13,14). The van der Waals surface area contributed by atoms with Gasteiger partial charge in [-0.3, -0.25) is 0 Å². The van der Waals surface area contributed by atoms with Crippen molar-refractivity contribution in [1.29, 1.82) is 0 Å². The summed E-state index contributed by atoms with van der Waals surface area (Å²) in [5.41, 5.74) is 6.81. The fourth-order valence-electron chi connectivity index (χ4n) is 2.44. The third-order valence-electron chi connectivity index (χ3n) is 3.48. The van der Waals surface area contributed by atoms with Crippen LogP contribution in [0.1, 0.15) is 50.6 Å². The van der Waals surface area contributed by atoms with Gasteiger partial charge in [-0.25, -0.2) is 4.98 Å². The number of nitrogen functional groups attached to an aromatic ring is 1. The number of aromatic nitrogens is 2. The van der Waals surface area contributed by atoms with E-state index < -0.39 is 0 Å². The lowest BCUT2D eigenvalue weighted by Crippen LogP contribution is -2.12. The van der Waals surface area contributed by atoms with E-state index in [1.54, 1.807) is 0 Å². The quantitative estimate of drug-likeness (QED) is 0.758. The van der Waals surface area contributed by atoms with E-state index in [-0.39, 0.29) is 0 Å². The molecule has 0 aliphatic heterocycles. The van der Waals surface area contributed by atoms with Crippen molar-refractivity contribution in [2.75, 3.05) is 5.73 Å². The summed E-state index contributed by atoms with van der Waals surface area (Å²) in [6.07, 6.45) is 8.53. The first-order valence-electron chi connectivity index (χ1n) is 5.60. The minimum atomic E-state index is 0.553. The van der Waals surface area contributed by atoms with Crippen LogP contribution in [0.2, 0.25) is 0 Å². The summed E-state index contributed by atoms with van der Waals surface area (Å²) in [5.74, 6) is 2.17. The monoisotopic (exact) mass is 193 g/mol. The van der Waals surface area contributed by atoms with E-state index in [2.05, 4.69) is 16.9 Å². The van der Waals surface area contributed by atoms with E-state index in [0.29, 0.717) is 11.9 Å². The van der Waals surface area contributed by atoms with Gasteiger partial charge in [0.1, 0.15) is 0 Å². The van der Waals surface area contributed by atoms with Gasteiger partial charge in [-0.15, -0.1) is 0 Å². The number of H-pyrrole nitrogens is 1. The minimum Gasteiger partial charge on any atom is -0.369 e. The van der Waals surface area contributed by atoms with Crippen LogP contribution in [-0.4, -0.2) is 9.97 Å². The second-order valence-corrected chi connectivity index (χ2v) is 4.35. The Balaban J connectivity index is 1.95. The van der Waals surface area contributed by atoms with E-state index in [1.807, 2.05) is 6.20 Å². The molecule has 0 spiro atoms. The normalized spacial score (nSPS) is 27.8. The van der Waals surface area contributed by atoms with Gasteiger partial charge in [0.15, 0.2) is 5.95 Å². The van der Waals surface area contributed by atoms with Gasteiger partial charge in [0, 0.05) is 11.6 Å². The lowest BCUT2D eigenvalue weighted by Gasteiger charge is -2.26. The zero-order valence-corrected chi connectivity index (χ0v) is 8.79. The fourth-order valence-corrected chi connectivity index (χ4v) is 2.44. The Kier molecular flexibility index (Phi) is 2.75. The first-order chi connectivity index (χ1) is 6.79. The van der Waals surface area contributed by atoms with Crippen LogP contribution in [0, 0.1) is 5.92 Å². The summed E-state index contributed by atoms with van der Waals surface area (Å²) in [6.45, 7) is 2.29. The summed E-state index contributed by atoms with van der Waals surface area (Å²) < 4.78 is 0. The average Bonchev–Trinajstić information content (AvgIpc) is 2.65. The van der Waals surface area contributed by atoms with Crippen LogP contribution >= 0.6 is 0 Å². The third kappa shape index (κ3) is 1.91. The molecule has 3 N–H and O–H groups in total. The van der Waals surface area contributed by atoms with Crippen LogP contribution in [0.3, 0.4) is 0 Å². The van der Waals surface area contributed by atoms with Crippen molar-refractivity contribution in [3.63, 3.8) is 0 Å².